The molecule has 0 rings (SSSR count). The van der Waals surface area contributed by atoms with Crippen LogP contribution in [0.1, 0.15) is 34.1 Å². The van der Waals surface area contributed by atoms with Gasteiger partial charge in [0.15, 0.2) is 0 Å². The van der Waals surface area contributed by atoms with Gasteiger partial charge in [0.05, 0.1) is 5.60 Å². The van der Waals surface area contributed by atoms with E-state index in [-0.39, 0.29) is 21.7 Å². The fourth-order valence-electron chi connectivity index (χ4n) is 0.999. The fraction of sp³-hybridized carbons (Fsp3) is 1.00. The minimum Gasteiger partial charge on any atom is -0.390 e. The molecule has 0 aliphatic rings. The summed E-state index contributed by atoms with van der Waals surface area (Å²) in [5, 5.41) is 9.19. The third-order valence-electron chi connectivity index (χ3n) is 0.908. The van der Waals surface area contributed by atoms with Crippen LogP contribution in [-0.4, -0.2) is 10.7 Å². The summed E-state index contributed by atoms with van der Waals surface area (Å²) < 4.78 is 0. The van der Waals surface area contributed by atoms with Crippen molar-refractivity contribution in [2.45, 2.75) is 39.7 Å². The molecule has 0 radical (unpaired) electrons. The number of aliphatic hydroxyl groups is 1. The van der Waals surface area contributed by atoms with E-state index >= 15 is 0 Å². The first-order valence-corrected chi connectivity index (χ1v) is 3.14. The Balaban J connectivity index is 0. The van der Waals surface area contributed by atoms with Crippen LogP contribution in [-0.2, 0) is 21.7 Å². The van der Waals surface area contributed by atoms with Crippen molar-refractivity contribution in [3.8, 4) is 0 Å². The van der Waals surface area contributed by atoms with E-state index in [4.69, 9.17) is 0 Å². The normalized spacial score (nSPS) is 11.3. The minimum atomic E-state index is -0.478. The molecular formula is C7H16OTi. The van der Waals surface area contributed by atoms with Crippen LogP contribution in [0.5, 0.6) is 0 Å². The molecule has 1 N–H and O–H groups in total. The van der Waals surface area contributed by atoms with E-state index in [0.717, 1.165) is 6.42 Å². The van der Waals surface area contributed by atoms with Gasteiger partial charge in [0.2, 0.25) is 0 Å². The van der Waals surface area contributed by atoms with E-state index in [1.54, 1.807) is 0 Å². The molecule has 0 aromatic heterocycles. The maximum absolute atomic E-state index is 9.19. The van der Waals surface area contributed by atoms with Gasteiger partial charge < -0.3 is 5.11 Å². The molecule has 0 spiro atoms. The average molecular weight is 164 g/mol. The third kappa shape index (κ3) is 12.0. The van der Waals surface area contributed by atoms with Crippen molar-refractivity contribution in [2.75, 3.05) is 0 Å². The Morgan fingerprint density at radius 2 is 1.67 bits per heavy atom. The van der Waals surface area contributed by atoms with Crippen LogP contribution >= 0.6 is 0 Å². The Hall–Kier alpha value is 0.674. The largest absolute Gasteiger partial charge is 0.390 e. The van der Waals surface area contributed by atoms with Gasteiger partial charge in [0, 0.05) is 21.7 Å². The topological polar surface area (TPSA) is 20.2 Å². The zero-order valence-electron chi connectivity index (χ0n) is 6.73. The number of rotatable bonds is 2. The standard InChI is InChI=1S/C7H16O.Ti/c1-6(2)5-7(3,4)8;/h6,8H,5H2,1-4H3;. The van der Waals surface area contributed by atoms with Crippen molar-refractivity contribution < 1.29 is 26.8 Å². The molecule has 0 saturated heterocycles. The molecule has 0 amide bonds. The molecule has 0 atom stereocenters. The quantitative estimate of drug-likeness (QED) is 0.617. The molecule has 0 bridgehead atoms. The molecule has 0 aromatic carbocycles. The molecular weight excluding hydrogens is 148 g/mol. The van der Waals surface area contributed by atoms with E-state index in [9.17, 15) is 5.11 Å². The SMILES string of the molecule is CC(C)CC(C)(C)O.[Ti]. The summed E-state index contributed by atoms with van der Waals surface area (Å²) in [5.41, 5.74) is -0.478. The molecule has 9 heavy (non-hydrogen) atoms. The first-order chi connectivity index (χ1) is 3.42. The van der Waals surface area contributed by atoms with Crippen molar-refractivity contribution in [1.29, 1.82) is 0 Å². The summed E-state index contributed by atoms with van der Waals surface area (Å²) in [6.07, 6.45) is 0.882. The van der Waals surface area contributed by atoms with Crippen LogP contribution in [0.2, 0.25) is 0 Å². The van der Waals surface area contributed by atoms with Crippen molar-refractivity contribution in [1.82, 2.24) is 0 Å². The second-order valence-electron chi connectivity index (χ2n) is 3.41. The van der Waals surface area contributed by atoms with Gasteiger partial charge >= 0.3 is 0 Å². The fourth-order valence-corrected chi connectivity index (χ4v) is 0.999. The van der Waals surface area contributed by atoms with Gasteiger partial charge in [-0.25, -0.2) is 0 Å². The van der Waals surface area contributed by atoms with E-state index in [0.29, 0.717) is 5.92 Å². The molecule has 2 heteroatoms. The molecule has 0 fully saturated rings. The Morgan fingerprint density at radius 1 is 1.33 bits per heavy atom. The zero-order valence-corrected chi connectivity index (χ0v) is 8.29. The minimum absolute atomic E-state index is 0. The molecule has 54 valence electrons. The van der Waals surface area contributed by atoms with E-state index in [2.05, 4.69) is 13.8 Å². The van der Waals surface area contributed by atoms with Gasteiger partial charge in [-0.2, -0.15) is 0 Å². The van der Waals surface area contributed by atoms with E-state index < -0.39 is 5.60 Å². The van der Waals surface area contributed by atoms with Gasteiger partial charge in [-0.15, -0.1) is 0 Å². The van der Waals surface area contributed by atoms with Crippen molar-refractivity contribution in [2.24, 2.45) is 5.92 Å². The number of hydrogen-bond donors (Lipinski definition) is 1. The summed E-state index contributed by atoms with van der Waals surface area (Å²) in [5.74, 6) is 0.593. The van der Waals surface area contributed by atoms with Crippen molar-refractivity contribution in [3.05, 3.63) is 0 Å². The van der Waals surface area contributed by atoms with Crippen LogP contribution in [0, 0.1) is 5.92 Å². The van der Waals surface area contributed by atoms with E-state index in [1.165, 1.54) is 0 Å². The molecule has 0 saturated carbocycles. The summed E-state index contributed by atoms with van der Waals surface area (Å²) in [6, 6.07) is 0. The Labute approximate surface area is 72.7 Å². The van der Waals surface area contributed by atoms with Crippen LogP contribution < -0.4 is 0 Å². The van der Waals surface area contributed by atoms with Crippen molar-refractivity contribution in [3.63, 3.8) is 0 Å². The van der Waals surface area contributed by atoms with Gasteiger partial charge in [0.1, 0.15) is 0 Å². The molecule has 0 aliphatic heterocycles. The maximum atomic E-state index is 9.19. The van der Waals surface area contributed by atoms with Gasteiger partial charge in [-0.1, -0.05) is 13.8 Å². The van der Waals surface area contributed by atoms with Crippen LogP contribution in [0.15, 0.2) is 0 Å². The predicted octanol–water partition coefficient (Wildman–Crippen LogP) is 1.80. The van der Waals surface area contributed by atoms with Crippen molar-refractivity contribution >= 4 is 0 Å². The first kappa shape index (κ1) is 12.4. The molecule has 0 unspecified atom stereocenters. The number of hydrogen-bond acceptors (Lipinski definition) is 1. The Bertz CT molecular complexity index is 63.8. The zero-order chi connectivity index (χ0) is 6.78. The third-order valence-corrected chi connectivity index (χ3v) is 0.908. The van der Waals surface area contributed by atoms with E-state index in [1.807, 2.05) is 13.8 Å². The monoisotopic (exact) mass is 164 g/mol. The smallest absolute Gasteiger partial charge is 0.0594 e. The summed E-state index contributed by atoms with van der Waals surface area (Å²) in [7, 11) is 0. The second kappa shape index (κ2) is 4.48. The average Bonchev–Trinajstić information content (AvgIpc) is 1.21. The van der Waals surface area contributed by atoms with Gasteiger partial charge in [-0.05, 0) is 26.2 Å². The second-order valence-corrected chi connectivity index (χ2v) is 3.41. The molecule has 0 heterocycles. The van der Waals surface area contributed by atoms with Crippen LogP contribution in [0.25, 0.3) is 0 Å². The summed E-state index contributed by atoms with van der Waals surface area (Å²) in [6.45, 7) is 7.90. The Morgan fingerprint density at radius 3 is 1.67 bits per heavy atom. The molecule has 1 nitrogen and oxygen atoms in total. The summed E-state index contributed by atoms with van der Waals surface area (Å²) >= 11 is 0. The van der Waals surface area contributed by atoms with Gasteiger partial charge in [0.25, 0.3) is 0 Å². The molecule has 0 aromatic rings. The summed E-state index contributed by atoms with van der Waals surface area (Å²) in [4.78, 5) is 0. The van der Waals surface area contributed by atoms with Crippen LogP contribution in [0.4, 0.5) is 0 Å². The van der Waals surface area contributed by atoms with Gasteiger partial charge in [-0.3, -0.25) is 0 Å². The first-order valence-electron chi connectivity index (χ1n) is 3.14. The molecule has 0 aliphatic carbocycles. The van der Waals surface area contributed by atoms with Crippen LogP contribution in [0.3, 0.4) is 0 Å². The maximum Gasteiger partial charge on any atom is 0.0594 e. The predicted molar refractivity (Wildman–Crippen MR) is 35.8 cm³/mol. The Kier molecular flexibility index (Phi) is 6.16.